The number of hydrogen-bond acceptors (Lipinski definition) is 3. The van der Waals surface area contributed by atoms with Gasteiger partial charge in [-0.1, -0.05) is 11.6 Å². The number of ether oxygens (including phenoxy) is 1. The molecule has 1 atom stereocenters. The first-order valence-corrected chi connectivity index (χ1v) is 8.75. The van der Waals surface area contributed by atoms with Gasteiger partial charge in [0.25, 0.3) is 5.91 Å². The number of nitrogens with zero attached hydrogens (tertiary/aromatic N) is 1. The van der Waals surface area contributed by atoms with Crippen LogP contribution in [0.4, 0.5) is 13.2 Å². The standard InChI is InChI=1S/C15H11ClF3NO3S/c1-24(22,13-8-4-11(16)5-9-13)20-14(21)10-2-6-12(7-3-10)23-15(17,18)19/h2-9H,1H3/t24-/m1/s1. The maximum Gasteiger partial charge on any atom is 0.573 e. The predicted octanol–water partition coefficient (Wildman–Crippen LogP) is 4.54. The fraction of sp³-hybridized carbons (Fsp3) is 0.133. The van der Waals surface area contributed by atoms with Gasteiger partial charge in [-0.2, -0.15) is 4.36 Å². The average Bonchev–Trinajstić information content (AvgIpc) is 2.46. The molecule has 24 heavy (non-hydrogen) atoms. The number of carbonyl (C=O) groups is 1. The van der Waals surface area contributed by atoms with Gasteiger partial charge in [0.2, 0.25) is 0 Å². The Balaban J connectivity index is 2.25. The second-order valence-electron chi connectivity index (χ2n) is 4.73. The molecule has 128 valence electrons. The lowest BCUT2D eigenvalue weighted by Gasteiger charge is -2.08. The van der Waals surface area contributed by atoms with Crippen LogP contribution in [0.1, 0.15) is 10.4 Å². The lowest BCUT2D eigenvalue weighted by Crippen LogP contribution is -2.17. The zero-order valence-corrected chi connectivity index (χ0v) is 13.8. The summed E-state index contributed by atoms with van der Waals surface area (Å²) < 4.78 is 56.2. The van der Waals surface area contributed by atoms with Gasteiger partial charge in [-0.15, -0.1) is 13.2 Å². The number of amides is 1. The molecule has 0 aliphatic rings. The van der Waals surface area contributed by atoms with E-state index in [2.05, 4.69) is 9.10 Å². The molecule has 4 nitrogen and oxygen atoms in total. The van der Waals surface area contributed by atoms with Crippen molar-refractivity contribution < 1.29 is 26.9 Å². The third kappa shape index (κ3) is 4.97. The van der Waals surface area contributed by atoms with Crippen molar-refractivity contribution in [2.24, 2.45) is 4.36 Å². The molecule has 0 fully saturated rings. The summed E-state index contributed by atoms with van der Waals surface area (Å²) in [4.78, 5) is 12.4. The van der Waals surface area contributed by atoms with E-state index in [1.165, 1.54) is 30.5 Å². The Bertz CT molecular complexity index is 855. The summed E-state index contributed by atoms with van der Waals surface area (Å²) in [6.45, 7) is 0. The predicted molar refractivity (Wildman–Crippen MR) is 83.7 cm³/mol. The molecule has 0 aliphatic carbocycles. The van der Waals surface area contributed by atoms with E-state index in [1.807, 2.05) is 0 Å². The van der Waals surface area contributed by atoms with Gasteiger partial charge < -0.3 is 4.74 Å². The topological polar surface area (TPSA) is 55.7 Å². The maximum absolute atomic E-state index is 12.5. The van der Waals surface area contributed by atoms with Gasteiger partial charge in [-0.3, -0.25) is 4.79 Å². The van der Waals surface area contributed by atoms with Crippen LogP contribution in [0.3, 0.4) is 0 Å². The largest absolute Gasteiger partial charge is 0.573 e. The molecule has 2 aromatic carbocycles. The first-order chi connectivity index (χ1) is 11.1. The highest BCUT2D eigenvalue weighted by Crippen LogP contribution is 2.23. The molecular weight excluding hydrogens is 367 g/mol. The highest BCUT2D eigenvalue weighted by molar-refractivity contribution is 7.93. The Morgan fingerprint density at radius 2 is 1.62 bits per heavy atom. The van der Waals surface area contributed by atoms with Crippen LogP contribution in [0.2, 0.25) is 5.02 Å². The van der Waals surface area contributed by atoms with Crippen LogP contribution in [0, 0.1) is 0 Å². The van der Waals surface area contributed by atoms with E-state index in [9.17, 15) is 22.2 Å². The minimum Gasteiger partial charge on any atom is -0.406 e. The molecule has 9 heteroatoms. The fourth-order valence-electron chi connectivity index (χ4n) is 1.75. The van der Waals surface area contributed by atoms with E-state index < -0.39 is 27.7 Å². The number of alkyl halides is 3. The van der Waals surface area contributed by atoms with Gasteiger partial charge >= 0.3 is 6.36 Å². The van der Waals surface area contributed by atoms with Gasteiger partial charge in [0.05, 0.1) is 9.73 Å². The average molecular weight is 378 g/mol. The second-order valence-corrected chi connectivity index (χ2v) is 7.42. The van der Waals surface area contributed by atoms with Crippen LogP contribution in [-0.2, 0) is 9.73 Å². The summed E-state index contributed by atoms with van der Waals surface area (Å²) in [5.41, 5.74) is -0.00642. The summed E-state index contributed by atoms with van der Waals surface area (Å²) >= 11 is 5.74. The Hall–Kier alpha value is -2.06. The van der Waals surface area contributed by atoms with Crippen LogP contribution in [-0.4, -0.2) is 22.7 Å². The van der Waals surface area contributed by atoms with E-state index in [1.54, 1.807) is 0 Å². The van der Waals surface area contributed by atoms with Gasteiger partial charge in [0.15, 0.2) is 0 Å². The minimum absolute atomic E-state index is 0.00642. The van der Waals surface area contributed by atoms with Crippen molar-refractivity contribution in [3.8, 4) is 5.75 Å². The number of carbonyl (C=O) groups excluding carboxylic acids is 1. The molecule has 0 heterocycles. The molecule has 2 rings (SSSR count). The normalized spacial score (nSPS) is 13.9. The van der Waals surface area contributed by atoms with Crippen molar-refractivity contribution in [3.05, 3.63) is 59.1 Å². The zero-order chi connectivity index (χ0) is 18.0. The highest BCUT2D eigenvalue weighted by Gasteiger charge is 2.31. The van der Waals surface area contributed by atoms with E-state index in [4.69, 9.17) is 11.6 Å². The van der Waals surface area contributed by atoms with Gasteiger partial charge in [-0.25, -0.2) is 4.21 Å². The Labute approximate surface area is 141 Å². The van der Waals surface area contributed by atoms with E-state index in [0.717, 1.165) is 24.3 Å². The molecule has 0 unspecified atom stereocenters. The number of hydrogen-bond donors (Lipinski definition) is 0. The Morgan fingerprint density at radius 1 is 1.08 bits per heavy atom. The quantitative estimate of drug-likeness (QED) is 0.789. The van der Waals surface area contributed by atoms with Crippen LogP contribution >= 0.6 is 11.6 Å². The fourth-order valence-corrected chi connectivity index (χ4v) is 3.04. The lowest BCUT2D eigenvalue weighted by atomic mass is 10.2. The molecule has 0 aliphatic heterocycles. The molecule has 1 amide bonds. The van der Waals surface area contributed by atoms with Gasteiger partial charge in [0, 0.05) is 21.7 Å². The third-order valence-electron chi connectivity index (χ3n) is 2.84. The smallest absolute Gasteiger partial charge is 0.406 e. The molecule has 0 N–H and O–H groups in total. The summed E-state index contributed by atoms with van der Waals surface area (Å²) in [5, 5.41) is 0.445. The first-order valence-electron chi connectivity index (χ1n) is 6.45. The SMILES string of the molecule is C[S@](=O)(=NC(=O)c1ccc(OC(F)(F)F)cc1)c1ccc(Cl)cc1. The number of halogens is 4. The molecule has 0 bridgehead atoms. The molecule has 0 aromatic heterocycles. The van der Waals surface area contributed by atoms with E-state index in [0.29, 0.717) is 9.92 Å². The van der Waals surface area contributed by atoms with Crippen molar-refractivity contribution in [2.75, 3.05) is 6.26 Å². The monoisotopic (exact) mass is 377 g/mol. The van der Waals surface area contributed by atoms with Crippen LogP contribution < -0.4 is 4.74 Å². The van der Waals surface area contributed by atoms with Crippen molar-refractivity contribution in [1.29, 1.82) is 0 Å². The Morgan fingerprint density at radius 3 is 2.12 bits per heavy atom. The summed E-state index contributed by atoms with van der Waals surface area (Å²) in [6, 6.07) is 10.2. The van der Waals surface area contributed by atoms with Crippen molar-refractivity contribution in [2.45, 2.75) is 11.3 Å². The molecular formula is C15H11ClF3NO3S. The van der Waals surface area contributed by atoms with Gasteiger partial charge in [-0.05, 0) is 48.5 Å². The third-order valence-corrected chi connectivity index (χ3v) is 4.76. The number of rotatable bonds is 3. The van der Waals surface area contributed by atoms with Crippen LogP contribution in [0.25, 0.3) is 0 Å². The Kier molecular flexibility index (Phi) is 5.19. The summed E-state index contributed by atoms with van der Waals surface area (Å²) in [7, 11) is -3.01. The van der Waals surface area contributed by atoms with Crippen molar-refractivity contribution >= 4 is 27.2 Å². The van der Waals surface area contributed by atoms with Crippen LogP contribution in [0.15, 0.2) is 57.8 Å². The number of benzene rings is 2. The van der Waals surface area contributed by atoms with Gasteiger partial charge in [0.1, 0.15) is 5.75 Å². The second kappa shape index (κ2) is 6.82. The van der Waals surface area contributed by atoms with E-state index >= 15 is 0 Å². The van der Waals surface area contributed by atoms with Crippen molar-refractivity contribution in [1.82, 2.24) is 0 Å². The zero-order valence-electron chi connectivity index (χ0n) is 12.2. The molecule has 0 saturated carbocycles. The maximum atomic E-state index is 12.5. The lowest BCUT2D eigenvalue weighted by molar-refractivity contribution is -0.274. The molecule has 2 aromatic rings. The minimum atomic E-state index is -4.82. The van der Waals surface area contributed by atoms with Crippen molar-refractivity contribution in [3.63, 3.8) is 0 Å². The first kappa shape index (κ1) is 18.3. The van der Waals surface area contributed by atoms with Crippen LogP contribution in [0.5, 0.6) is 5.75 Å². The van der Waals surface area contributed by atoms with E-state index in [-0.39, 0.29) is 5.56 Å². The molecule has 0 saturated heterocycles. The molecule has 0 radical (unpaired) electrons. The summed E-state index contributed by atoms with van der Waals surface area (Å²) in [6.07, 6.45) is -3.53. The molecule has 0 spiro atoms. The summed E-state index contributed by atoms with van der Waals surface area (Å²) in [5.74, 6) is -1.27. The highest BCUT2D eigenvalue weighted by atomic mass is 35.5.